The number of carbonyl (C=O) groups is 2. The Kier molecular flexibility index (Phi) is 9.45. The van der Waals surface area contributed by atoms with Crippen molar-refractivity contribution < 1.29 is 34.1 Å². The molecule has 0 saturated carbocycles. The molecular formula is C25H31N3O7. The molecule has 1 aliphatic rings. The second kappa shape index (κ2) is 12.7. The number of hydrogen-bond donors (Lipinski definition) is 3. The van der Waals surface area contributed by atoms with Gasteiger partial charge in [-0.25, -0.2) is 14.6 Å². The highest BCUT2D eigenvalue weighted by Gasteiger charge is 2.21. The Hall–Kier alpha value is -3.63. The Bertz CT molecular complexity index is 1090. The van der Waals surface area contributed by atoms with E-state index in [2.05, 4.69) is 34.9 Å². The van der Waals surface area contributed by atoms with Gasteiger partial charge in [0.05, 0.1) is 12.9 Å². The van der Waals surface area contributed by atoms with Crippen molar-refractivity contribution in [2.24, 2.45) is 0 Å². The number of likely N-dealkylation sites (N-methyl/N-ethyl adjacent to an activating group) is 1. The molecule has 3 heterocycles. The maximum atomic E-state index is 9.10. The average molecular weight is 486 g/mol. The van der Waals surface area contributed by atoms with Crippen LogP contribution in [0, 0.1) is 0 Å². The number of piperazine rings is 1. The van der Waals surface area contributed by atoms with Gasteiger partial charge in [-0.3, -0.25) is 0 Å². The number of aryl methyl sites for hydroxylation is 2. The van der Waals surface area contributed by atoms with Crippen LogP contribution in [0.15, 0.2) is 47.1 Å². The molecule has 0 aliphatic carbocycles. The van der Waals surface area contributed by atoms with Crippen LogP contribution in [-0.2, 0) is 22.4 Å². The van der Waals surface area contributed by atoms with E-state index in [-0.39, 0.29) is 6.61 Å². The van der Waals surface area contributed by atoms with E-state index < -0.39 is 11.9 Å². The van der Waals surface area contributed by atoms with Crippen molar-refractivity contribution in [1.29, 1.82) is 0 Å². The van der Waals surface area contributed by atoms with Gasteiger partial charge in [0.25, 0.3) is 0 Å². The van der Waals surface area contributed by atoms with Crippen LogP contribution < -0.4 is 9.64 Å². The van der Waals surface area contributed by atoms with Crippen LogP contribution >= 0.6 is 0 Å². The number of aliphatic hydroxyl groups is 1. The first-order valence-corrected chi connectivity index (χ1v) is 11.5. The van der Waals surface area contributed by atoms with Crippen LogP contribution in [0.25, 0.3) is 11.0 Å². The third kappa shape index (κ3) is 7.43. The van der Waals surface area contributed by atoms with Crippen LogP contribution in [0.1, 0.15) is 18.2 Å². The maximum Gasteiger partial charge on any atom is 0.414 e. The molecule has 1 aliphatic heterocycles. The Morgan fingerprint density at radius 1 is 1.03 bits per heavy atom. The molecule has 35 heavy (non-hydrogen) atoms. The molecule has 10 nitrogen and oxygen atoms in total. The second-order valence-corrected chi connectivity index (χ2v) is 8.02. The first-order chi connectivity index (χ1) is 16.9. The van der Waals surface area contributed by atoms with Crippen LogP contribution in [0.3, 0.4) is 0 Å². The van der Waals surface area contributed by atoms with Gasteiger partial charge in [-0.15, -0.1) is 0 Å². The minimum atomic E-state index is -1.82. The van der Waals surface area contributed by atoms with Crippen molar-refractivity contribution >= 4 is 28.7 Å². The lowest BCUT2D eigenvalue weighted by Gasteiger charge is -2.34. The minimum Gasteiger partial charge on any atom is -0.491 e. The van der Waals surface area contributed by atoms with Gasteiger partial charge in [0.2, 0.25) is 0 Å². The number of aliphatic carboxylic acids is 2. The molecule has 1 fully saturated rings. The van der Waals surface area contributed by atoms with E-state index in [0.29, 0.717) is 6.61 Å². The number of rotatable bonds is 8. The minimum absolute atomic E-state index is 0.0275. The molecule has 3 N–H and O–H groups in total. The number of furan rings is 1. The van der Waals surface area contributed by atoms with Crippen molar-refractivity contribution in [3.8, 4) is 5.75 Å². The van der Waals surface area contributed by atoms with E-state index in [0.717, 1.165) is 73.8 Å². The van der Waals surface area contributed by atoms with Crippen LogP contribution in [-0.4, -0.2) is 83.1 Å². The number of fused-ring (bicyclic) bond motifs is 1. The summed E-state index contributed by atoms with van der Waals surface area (Å²) in [6.45, 7) is 7.75. The number of carboxylic acid groups (broad SMARTS) is 2. The third-order valence-electron chi connectivity index (χ3n) is 5.73. The van der Waals surface area contributed by atoms with Gasteiger partial charge in [-0.1, -0.05) is 19.1 Å². The van der Waals surface area contributed by atoms with E-state index in [4.69, 9.17) is 39.0 Å². The quantitative estimate of drug-likeness (QED) is 0.408. The van der Waals surface area contributed by atoms with Crippen LogP contribution in [0.4, 0.5) is 5.82 Å². The fraction of sp³-hybridized carbons (Fsp3) is 0.400. The molecule has 0 radical (unpaired) electrons. The van der Waals surface area contributed by atoms with E-state index in [1.54, 1.807) is 6.26 Å². The molecule has 4 rings (SSSR count). The molecule has 1 saturated heterocycles. The topological polar surface area (TPSA) is 137 Å². The second-order valence-electron chi connectivity index (χ2n) is 8.02. The first-order valence-electron chi connectivity index (χ1n) is 11.5. The van der Waals surface area contributed by atoms with Gasteiger partial charge >= 0.3 is 11.9 Å². The zero-order chi connectivity index (χ0) is 25.2. The number of carboxylic acids is 2. The van der Waals surface area contributed by atoms with E-state index in [1.807, 2.05) is 18.2 Å². The zero-order valence-corrected chi connectivity index (χ0v) is 19.7. The first kappa shape index (κ1) is 26.0. The summed E-state index contributed by atoms with van der Waals surface area (Å²) in [5, 5.41) is 24.8. The van der Waals surface area contributed by atoms with Gasteiger partial charge in [0.1, 0.15) is 12.4 Å². The third-order valence-corrected chi connectivity index (χ3v) is 5.73. The highest BCUT2D eigenvalue weighted by molar-refractivity contribution is 6.27. The normalized spacial score (nSPS) is 13.8. The van der Waals surface area contributed by atoms with E-state index >= 15 is 0 Å². The molecule has 1 aromatic carbocycles. The molecule has 188 valence electrons. The number of pyridine rings is 1. The summed E-state index contributed by atoms with van der Waals surface area (Å²) in [7, 11) is 0. The van der Waals surface area contributed by atoms with Crippen molar-refractivity contribution in [3.63, 3.8) is 0 Å². The highest BCUT2D eigenvalue weighted by atomic mass is 16.5. The van der Waals surface area contributed by atoms with Crippen LogP contribution in [0.5, 0.6) is 5.75 Å². The van der Waals surface area contributed by atoms with Crippen molar-refractivity contribution in [2.45, 2.75) is 19.8 Å². The largest absolute Gasteiger partial charge is 0.491 e. The summed E-state index contributed by atoms with van der Waals surface area (Å²) >= 11 is 0. The van der Waals surface area contributed by atoms with Crippen molar-refractivity contribution in [2.75, 3.05) is 50.8 Å². The van der Waals surface area contributed by atoms with Gasteiger partial charge in [0.15, 0.2) is 11.4 Å². The lowest BCUT2D eigenvalue weighted by atomic mass is 10.1. The Balaban J connectivity index is 0.000000509. The summed E-state index contributed by atoms with van der Waals surface area (Å²) < 4.78 is 11.2. The van der Waals surface area contributed by atoms with Gasteiger partial charge in [-0.2, -0.15) is 0 Å². The molecule has 2 aromatic heterocycles. The standard InChI is InChI=1S/C23H29N3O3.C2H2O4/c1-2-25-10-12-26(13-11-25)23-22-19(9-15-29-22)17-20(24-23)6-3-18-4-7-21(8-5-18)28-16-14-27;3-1(4)2(5)6/h4-5,7-9,15,17,27H,2-3,6,10-14,16H2,1H3;(H,3,4)(H,5,6). The number of benzene rings is 1. The molecule has 0 bridgehead atoms. The van der Waals surface area contributed by atoms with Crippen LogP contribution in [0.2, 0.25) is 0 Å². The predicted octanol–water partition coefficient (Wildman–Crippen LogP) is 2.28. The lowest BCUT2D eigenvalue weighted by Crippen LogP contribution is -2.46. The smallest absolute Gasteiger partial charge is 0.414 e. The van der Waals surface area contributed by atoms with Gasteiger partial charge < -0.3 is 34.3 Å². The van der Waals surface area contributed by atoms with Crippen molar-refractivity contribution in [3.05, 3.63) is 53.9 Å². The average Bonchev–Trinajstić information content (AvgIpc) is 3.35. The monoisotopic (exact) mass is 485 g/mol. The maximum absolute atomic E-state index is 9.10. The lowest BCUT2D eigenvalue weighted by molar-refractivity contribution is -0.159. The number of nitrogens with zero attached hydrogens (tertiary/aromatic N) is 3. The highest BCUT2D eigenvalue weighted by Crippen LogP contribution is 2.28. The number of aromatic nitrogens is 1. The van der Waals surface area contributed by atoms with E-state index in [9.17, 15) is 0 Å². The molecule has 0 spiro atoms. The van der Waals surface area contributed by atoms with Crippen molar-refractivity contribution in [1.82, 2.24) is 9.88 Å². The number of ether oxygens (including phenoxy) is 1. The Morgan fingerprint density at radius 2 is 1.71 bits per heavy atom. The summed E-state index contributed by atoms with van der Waals surface area (Å²) in [6, 6.07) is 12.2. The fourth-order valence-electron chi connectivity index (χ4n) is 3.82. The number of hydrogen-bond acceptors (Lipinski definition) is 8. The Labute approximate surface area is 203 Å². The predicted molar refractivity (Wildman–Crippen MR) is 130 cm³/mol. The molecular weight excluding hydrogens is 454 g/mol. The fourth-order valence-corrected chi connectivity index (χ4v) is 3.82. The van der Waals surface area contributed by atoms with E-state index in [1.165, 1.54) is 5.56 Å². The number of aliphatic hydroxyl groups excluding tert-OH is 1. The molecule has 0 atom stereocenters. The van der Waals surface area contributed by atoms with Gasteiger partial charge in [0, 0.05) is 37.3 Å². The molecule has 0 unspecified atom stereocenters. The molecule has 3 aromatic rings. The van der Waals surface area contributed by atoms with Gasteiger partial charge in [-0.05, 0) is 49.2 Å². The molecule has 10 heteroatoms. The summed E-state index contributed by atoms with van der Waals surface area (Å²) in [6.07, 6.45) is 3.55. The Morgan fingerprint density at radius 3 is 2.31 bits per heavy atom. The zero-order valence-electron chi connectivity index (χ0n) is 19.7. The summed E-state index contributed by atoms with van der Waals surface area (Å²) in [5.74, 6) is -1.88. The summed E-state index contributed by atoms with van der Waals surface area (Å²) in [5.41, 5.74) is 3.23. The molecule has 0 amide bonds. The summed E-state index contributed by atoms with van der Waals surface area (Å²) in [4.78, 5) is 28.0. The number of anilines is 1. The SMILES string of the molecule is CCN1CCN(c2nc(CCc3ccc(OCCO)cc3)cc3ccoc23)CC1.O=C(O)C(=O)O.